The molecular formula is C15H20ClNO3. The average Bonchev–Trinajstić information content (AvgIpc) is 2.46. The molecule has 0 radical (unpaired) electrons. The van der Waals surface area contributed by atoms with Gasteiger partial charge in [-0.2, -0.15) is 0 Å². The van der Waals surface area contributed by atoms with E-state index < -0.39 is 5.97 Å². The van der Waals surface area contributed by atoms with E-state index in [0.717, 1.165) is 29.7 Å². The van der Waals surface area contributed by atoms with Crippen molar-refractivity contribution < 1.29 is 14.3 Å². The van der Waals surface area contributed by atoms with Crippen molar-refractivity contribution in [1.82, 2.24) is 0 Å². The number of aryl methyl sites for hydroxylation is 2. The summed E-state index contributed by atoms with van der Waals surface area (Å²) < 4.78 is 4.99. The molecular weight excluding hydrogens is 278 g/mol. The highest BCUT2D eigenvalue weighted by Gasteiger charge is 2.21. The Morgan fingerprint density at radius 3 is 2.15 bits per heavy atom. The van der Waals surface area contributed by atoms with Gasteiger partial charge in [-0.25, -0.2) is 0 Å². The van der Waals surface area contributed by atoms with Gasteiger partial charge in [-0.15, -0.1) is 11.6 Å². The van der Waals surface area contributed by atoms with Crippen LogP contribution in [-0.4, -0.2) is 24.5 Å². The first-order valence-electron chi connectivity index (χ1n) is 6.65. The van der Waals surface area contributed by atoms with Gasteiger partial charge in [0.1, 0.15) is 5.88 Å². The maximum Gasteiger partial charge on any atom is 0.304 e. The minimum Gasteiger partial charge on any atom is -0.444 e. The molecule has 0 spiro atoms. The Morgan fingerprint density at radius 1 is 1.20 bits per heavy atom. The molecule has 0 heterocycles. The zero-order valence-corrected chi connectivity index (χ0v) is 12.9. The van der Waals surface area contributed by atoms with Crippen molar-refractivity contribution in [2.24, 2.45) is 0 Å². The number of esters is 1. The van der Waals surface area contributed by atoms with Gasteiger partial charge in [-0.05, 0) is 24.0 Å². The molecule has 0 saturated heterocycles. The number of hydrogen-bond acceptors (Lipinski definition) is 3. The van der Waals surface area contributed by atoms with Crippen molar-refractivity contribution in [3.8, 4) is 0 Å². The lowest BCUT2D eigenvalue weighted by Gasteiger charge is -2.26. The molecule has 5 heteroatoms. The first-order valence-corrected chi connectivity index (χ1v) is 7.19. The summed E-state index contributed by atoms with van der Waals surface area (Å²) in [6.07, 6.45) is 1.57. The first kappa shape index (κ1) is 16.5. The number of halogens is 1. The Morgan fingerprint density at radius 2 is 1.75 bits per heavy atom. The molecule has 1 aromatic carbocycles. The van der Waals surface area contributed by atoms with Crippen molar-refractivity contribution in [2.45, 2.75) is 33.6 Å². The largest absolute Gasteiger partial charge is 0.444 e. The smallest absolute Gasteiger partial charge is 0.304 e. The molecule has 0 saturated carbocycles. The number of amides is 1. The van der Waals surface area contributed by atoms with Gasteiger partial charge in [0.2, 0.25) is 5.91 Å². The third-order valence-electron chi connectivity index (χ3n) is 3.05. The summed E-state index contributed by atoms with van der Waals surface area (Å²) in [6.45, 7) is 5.25. The molecule has 0 fully saturated rings. The fourth-order valence-electron chi connectivity index (χ4n) is 2.05. The Balaban J connectivity index is 3.24. The van der Waals surface area contributed by atoms with Crippen LogP contribution in [0.3, 0.4) is 0 Å². The van der Waals surface area contributed by atoms with Crippen LogP contribution in [0, 0.1) is 0 Å². The quantitative estimate of drug-likeness (QED) is 0.461. The van der Waals surface area contributed by atoms with Crippen LogP contribution in [0.4, 0.5) is 5.69 Å². The van der Waals surface area contributed by atoms with E-state index in [1.807, 2.05) is 32.0 Å². The summed E-state index contributed by atoms with van der Waals surface area (Å²) >= 11 is 5.67. The third kappa shape index (κ3) is 3.97. The normalized spacial score (nSPS) is 10.2. The van der Waals surface area contributed by atoms with E-state index in [1.54, 1.807) is 0 Å². The van der Waals surface area contributed by atoms with E-state index in [1.165, 1.54) is 11.8 Å². The maximum absolute atomic E-state index is 12.1. The number of alkyl halides is 1. The summed E-state index contributed by atoms with van der Waals surface area (Å²) in [6, 6.07) is 5.91. The molecule has 0 aliphatic carbocycles. The number of benzene rings is 1. The van der Waals surface area contributed by atoms with Gasteiger partial charge in [-0.1, -0.05) is 32.0 Å². The molecule has 0 N–H and O–H groups in total. The van der Waals surface area contributed by atoms with Gasteiger partial charge >= 0.3 is 5.97 Å². The molecule has 110 valence electrons. The Labute approximate surface area is 124 Å². The number of hydrogen-bond donors (Lipinski definition) is 0. The van der Waals surface area contributed by atoms with Crippen molar-refractivity contribution in [1.29, 1.82) is 0 Å². The van der Waals surface area contributed by atoms with E-state index in [2.05, 4.69) is 0 Å². The summed E-state index contributed by atoms with van der Waals surface area (Å²) in [5.41, 5.74) is 2.88. The van der Waals surface area contributed by atoms with Gasteiger partial charge in [0.05, 0.1) is 5.69 Å². The van der Waals surface area contributed by atoms with E-state index in [9.17, 15) is 9.59 Å². The predicted molar refractivity (Wildman–Crippen MR) is 80.0 cm³/mol. The van der Waals surface area contributed by atoms with Crippen LogP contribution in [-0.2, 0) is 27.2 Å². The number of para-hydroxylation sites is 1. The molecule has 0 aliphatic rings. The zero-order valence-electron chi connectivity index (χ0n) is 12.1. The van der Waals surface area contributed by atoms with Crippen LogP contribution in [0.25, 0.3) is 0 Å². The molecule has 0 atom stereocenters. The fourth-order valence-corrected chi connectivity index (χ4v) is 2.19. The standard InChI is InChI=1S/C15H20ClNO3/c1-4-12-7-6-8-13(5-2)15(12)17(14(19)9-16)10-20-11(3)18/h6-8H,4-5,9-10H2,1-3H3. The van der Waals surface area contributed by atoms with Crippen molar-refractivity contribution in [2.75, 3.05) is 17.5 Å². The minimum atomic E-state index is -0.426. The summed E-state index contributed by atoms with van der Waals surface area (Å²) in [7, 11) is 0. The van der Waals surface area contributed by atoms with E-state index in [-0.39, 0.29) is 18.5 Å². The third-order valence-corrected chi connectivity index (χ3v) is 3.28. The molecule has 0 bridgehead atoms. The van der Waals surface area contributed by atoms with Gasteiger partial charge in [-0.3, -0.25) is 14.5 Å². The molecule has 0 aromatic heterocycles. The van der Waals surface area contributed by atoms with Crippen LogP contribution in [0.15, 0.2) is 18.2 Å². The molecule has 1 rings (SSSR count). The van der Waals surface area contributed by atoms with Gasteiger partial charge in [0, 0.05) is 6.92 Å². The lowest BCUT2D eigenvalue weighted by Crippen LogP contribution is -2.36. The summed E-state index contributed by atoms with van der Waals surface area (Å²) in [4.78, 5) is 24.5. The maximum atomic E-state index is 12.1. The monoisotopic (exact) mass is 297 g/mol. The minimum absolute atomic E-state index is 0.106. The lowest BCUT2D eigenvalue weighted by atomic mass is 10.0. The number of ether oxygens (including phenoxy) is 1. The Hall–Kier alpha value is -1.55. The number of rotatable bonds is 6. The molecule has 4 nitrogen and oxygen atoms in total. The second-order valence-electron chi connectivity index (χ2n) is 4.35. The van der Waals surface area contributed by atoms with Crippen molar-refractivity contribution in [3.05, 3.63) is 29.3 Å². The highest BCUT2D eigenvalue weighted by Crippen LogP contribution is 2.27. The second kappa shape index (κ2) is 7.90. The van der Waals surface area contributed by atoms with Crippen LogP contribution in [0.2, 0.25) is 0 Å². The highest BCUT2D eigenvalue weighted by molar-refractivity contribution is 6.29. The topological polar surface area (TPSA) is 46.6 Å². The fraction of sp³-hybridized carbons (Fsp3) is 0.467. The van der Waals surface area contributed by atoms with Crippen LogP contribution in [0.1, 0.15) is 31.9 Å². The average molecular weight is 298 g/mol. The zero-order chi connectivity index (χ0) is 15.1. The van der Waals surface area contributed by atoms with Gasteiger partial charge in [0.25, 0.3) is 0 Å². The van der Waals surface area contributed by atoms with Crippen LogP contribution >= 0.6 is 11.6 Å². The van der Waals surface area contributed by atoms with E-state index >= 15 is 0 Å². The Bertz CT molecular complexity index is 466. The highest BCUT2D eigenvalue weighted by atomic mass is 35.5. The number of nitrogens with zero attached hydrogens (tertiary/aromatic N) is 1. The van der Waals surface area contributed by atoms with E-state index in [4.69, 9.17) is 16.3 Å². The molecule has 1 aromatic rings. The number of carbonyl (C=O) groups excluding carboxylic acids is 2. The SMILES string of the molecule is CCc1cccc(CC)c1N(COC(C)=O)C(=O)CCl. The predicted octanol–water partition coefficient (Wildman–Crippen LogP) is 2.90. The number of anilines is 1. The second-order valence-corrected chi connectivity index (χ2v) is 4.62. The van der Waals surface area contributed by atoms with Crippen LogP contribution < -0.4 is 4.90 Å². The summed E-state index contributed by atoms with van der Waals surface area (Å²) in [5.74, 6) is -0.851. The molecule has 1 amide bonds. The van der Waals surface area contributed by atoms with Crippen molar-refractivity contribution >= 4 is 29.2 Å². The van der Waals surface area contributed by atoms with Crippen LogP contribution in [0.5, 0.6) is 0 Å². The van der Waals surface area contributed by atoms with Gasteiger partial charge in [0.15, 0.2) is 6.73 Å². The molecule has 20 heavy (non-hydrogen) atoms. The molecule has 0 aliphatic heterocycles. The van der Waals surface area contributed by atoms with Crippen molar-refractivity contribution in [3.63, 3.8) is 0 Å². The lowest BCUT2D eigenvalue weighted by molar-refractivity contribution is -0.141. The summed E-state index contributed by atoms with van der Waals surface area (Å²) in [5, 5.41) is 0. The van der Waals surface area contributed by atoms with Gasteiger partial charge < -0.3 is 4.74 Å². The van der Waals surface area contributed by atoms with E-state index in [0.29, 0.717) is 0 Å². The Kier molecular flexibility index (Phi) is 6.52. The first-order chi connectivity index (χ1) is 9.54. The number of carbonyl (C=O) groups is 2. The molecule has 0 unspecified atom stereocenters.